The number of hydrogen-bond acceptors (Lipinski definition) is 8. The van der Waals surface area contributed by atoms with Gasteiger partial charge in [-0.05, 0) is 11.1 Å². The van der Waals surface area contributed by atoms with Gasteiger partial charge in [-0.3, -0.25) is 10.2 Å². The van der Waals surface area contributed by atoms with Crippen molar-refractivity contribution in [3.63, 3.8) is 0 Å². The lowest BCUT2D eigenvalue weighted by molar-refractivity contribution is -0.112. The van der Waals surface area contributed by atoms with Crippen molar-refractivity contribution in [2.24, 2.45) is 10.2 Å². The summed E-state index contributed by atoms with van der Waals surface area (Å²) in [6.45, 7) is 0. The number of anilines is 2. The number of nitrogens with one attached hydrogen (secondary N) is 1. The number of nitrogens with zero attached hydrogens (tertiary/aromatic N) is 5. The number of carbonyl (C=O) groups is 1. The molecule has 0 unspecified atom stereocenters. The summed E-state index contributed by atoms with van der Waals surface area (Å²) in [5.74, 6) is -0.349. The van der Waals surface area contributed by atoms with E-state index in [9.17, 15) is 4.79 Å². The third-order valence-corrected chi connectivity index (χ3v) is 7.02. The van der Waals surface area contributed by atoms with Crippen molar-refractivity contribution >= 4 is 50.3 Å². The van der Waals surface area contributed by atoms with Gasteiger partial charge in [-0.15, -0.1) is 22.7 Å². The second-order valence-corrected chi connectivity index (χ2v) is 9.53. The van der Waals surface area contributed by atoms with Crippen molar-refractivity contribution in [1.29, 1.82) is 0 Å². The molecule has 0 spiro atoms. The van der Waals surface area contributed by atoms with Crippen LogP contribution in [0.25, 0.3) is 22.4 Å². The van der Waals surface area contributed by atoms with Crippen LogP contribution in [0.2, 0.25) is 0 Å². The van der Waals surface area contributed by atoms with E-state index in [0.29, 0.717) is 16.0 Å². The van der Waals surface area contributed by atoms with E-state index in [1.807, 2.05) is 71.4 Å². The molecule has 5 aromatic rings. The van der Waals surface area contributed by atoms with Crippen molar-refractivity contribution in [1.82, 2.24) is 9.97 Å². The molecule has 0 fully saturated rings. The maximum Gasteiger partial charge on any atom is 0.303 e. The summed E-state index contributed by atoms with van der Waals surface area (Å²) in [5, 5.41) is 15.1. The van der Waals surface area contributed by atoms with Gasteiger partial charge in [0.1, 0.15) is 5.71 Å². The molecule has 0 radical (unpaired) electrons. The van der Waals surface area contributed by atoms with Gasteiger partial charge in [-0.2, -0.15) is 15.2 Å². The minimum atomic E-state index is -0.349. The van der Waals surface area contributed by atoms with Crippen LogP contribution >= 0.6 is 22.7 Å². The fourth-order valence-corrected chi connectivity index (χ4v) is 5.01. The van der Waals surface area contributed by atoms with Gasteiger partial charge in [0, 0.05) is 28.1 Å². The summed E-state index contributed by atoms with van der Waals surface area (Å²) in [6, 6.07) is 28.0. The van der Waals surface area contributed by atoms with Gasteiger partial charge < -0.3 is 0 Å². The Morgan fingerprint density at radius 2 is 1.44 bits per heavy atom. The molecule has 9 heteroatoms. The summed E-state index contributed by atoms with van der Waals surface area (Å²) in [4.78, 5) is 22.3. The molecule has 0 aliphatic carbocycles. The zero-order chi connectivity index (χ0) is 24.3. The Labute approximate surface area is 215 Å². The predicted octanol–water partition coefficient (Wildman–Crippen LogP) is 6.15. The van der Waals surface area contributed by atoms with Gasteiger partial charge in [0.25, 0.3) is 0 Å². The molecule has 1 aliphatic rings. The van der Waals surface area contributed by atoms with E-state index < -0.39 is 0 Å². The molecule has 1 aliphatic heterocycles. The SMILES string of the molecule is O=C1/C(=N\Nc2nccs2)C(c2ccccc2)=NN1c1nc(-c2ccc(-c3ccccc3)cc2)cs1. The largest absolute Gasteiger partial charge is 0.303 e. The van der Waals surface area contributed by atoms with Crippen LogP contribution in [-0.4, -0.2) is 27.3 Å². The fourth-order valence-electron chi connectivity index (χ4n) is 3.76. The lowest BCUT2D eigenvalue weighted by Gasteiger charge is -2.06. The summed E-state index contributed by atoms with van der Waals surface area (Å²) in [6.07, 6.45) is 1.67. The van der Waals surface area contributed by atoms with Crippen LogP contribution in [0.15, 0.2) is 112 Å². The molecule has 7 nitrogen and oxygen atoms in total. The third kappa shape index (κ3) is 4.33. The standard InChI is InChI=1S/C27H18N6OS2/c34-25-24(30-31-26-28-15-16-35-26)23(21-9-5-2-6-10-21)32-33(25)27-29-22(17-36-27)20-13-11-19(12-14-20)18-7-3-1-4-8-18/h1-17H,(H,28,31)/b30-24-. The summed E-state index contributed by atoms with van der Waals surface area (Å²) >= 11 is 2.76. The second-order valence-electron chi connectivity index (χ2n) is 7.80. The first-order chi connectivity index (χ1) is 17.8. The fraction of sp³-hybridized carbons (Fsp3) is 0. The highest BCUT2D eigenvalue weighted by atomic mass is 32.1. The van der Waals surface area contributed by atoms with E-state index >= 15 is 0 Å². The van der Waals surface area contributed by atoms with Crippen LogP contribution < -0.4 is 10.4 Å². The van der Waals surface area contributed by atoms with Crippen molar-refractivity contribution in [2.45, 2.75) is 0 Å². The molecule has 0 atom stereocenters. The highest BCUT2D eigenvalue weighted by Gasteiger charge is 2.35. The molecule has 0 saturated carbocycles. The lowest BCUT2D eigenvalue weighted by Crippen LogP contribution is -2.28. The molecule has 174 valence electrons. The average molecular weight is 507 g/mol. The number of carbonyl (C=O) groups excluding carboxylic acids is 1. The van der Waals surface area contributed by atoms with Crippen LogP contribution in [0.1, 0.15) is 5.56 Å². The van der Waals surface area contributed by atoms with Crippen molar-refractivity contribution in [3.05, 3.63) is 107 Å². The van der Waals surface area contributed by atoms with Crippen LogP contribution in [0, 0.1) is 0 Å². The van der Waals surface area contributed by atoms with E-state index in [2.05, 4.69) is 44.9 Å². The minimum absolute atomic E-state index is 0.209. The van der Waals surface area contributed by atoms with Crippen LogP contribution in [0.5, 0.6) is 0 Å². The van der Waals surface area contributed by atoms with Gasteiger partial charge in [0.05, 0.1) is 5.69 Å². The van der Waals surface area contributed by atoms with Gasteiger partial charge in [0.2, 0.25) is 10.3 Å². The van der Waals surface area contributed by atoms with E-state index in [4.69, 9.17) is 4.98 Å². The first-order valence-corrected chi connectivity index (χ1v) is 12.9. The van der Waals surface area contributed by atoms with Gasteiger partial charge in [0.15, 0.2) is 5.71 Å². The van der Waals surface area contributed by atoms with Gasteiger partial charge in [-0.1, -0.05) is 84.9 Å². The molecule has 2 aromatic heterocycles. The van der Waals surface area contributed by atoms with E-state index in [-0.39, 0.29) is 11.6 Å². The topological polar surface area (TPSA) is 82.8 Å². The number of amides is 1. The van der Waals surface area contributed by atoms with E-state index in [0.717, 1.165) is 27.9 Å². The molecular weight excluding hydrogens is 488 g/mol. The average Bonchev–Trinajstić information content (AvgIpc) is 3.70. The maximum atomic E-state index is 13.4. The maximum absolute atomic E-state index is 13.4. The molecule has 6 rings (SSSR count). The molecule has 0 saturated heterocycles. The zero-order valence-electron chi connectivity index (χ0n) is 18.8. The molecule has 1 N–H and O–H groups in total. The Balaban J connectivity index is 1.30. The Hall–Kier alpha value is -4.47. The Morgan fingerprint density at radius 3 is 2.14 bits per heavy atom. The zero-order valence-corrected chi connectivity index (χ0v) is 20.4. The van der Waals surface area contributed by atoms with Crippen LogP contribution in [0.4, 0.5) is 10.3 Å². The molecule has 0 bridgehead atoms. The number of aromatic nitrogens is 2. The second kappa shape index (κ2) is 9.65. The molecule has 3 heterocycles. The normalized spacial score (nSPS) is 14.3. The first kappa shape index (κ1) is 22.0. The Kier molecular flexibility index (Phi) is 5.90. The summed E-state index contributed by atoms with van der Waals surface area (Å²) < 4.78 is 0. The molecule has 3 aromatic carbocycles. The number of rotatable bonds is 6. The number of thiazole rings is 2. The lowest BCUT2D eigenvalue weighted by atomic mass is 10.0. The monoisotopic (exact) mass is 506 g/mol. The predicted molar refractivity (Wildman–Crippen MR) is 147 cm³/mol. The Bertz CT molecular complexity index is 1560. The van der Waals surface area contributed by atoms with Gasteiger partial charge in [-0.25, -0.2) is 9.97 Å². The number of hydrazone groups is 2. The third-order valence-electron chi connectivity index (χ3n) is 5.52. The van der Waals surface area contributed by atoms with Crippen molar-refractivity contribution < 1.29 is 4.79 Å². The van der Waals surface area contributed by atoms with Crippen LogP contribution in [-0.2, 0) is 4.79 Å². The quantitative estimate of drug-likeness (QED) is 0.280. The Morgan fingerprint density at radius 1 is 0.778 bits per heavy atom. The van der Waals surface area contributed by atoms with E-state index in [1.54, 1.807) is 6.20 Å². The van der Waals surface area contributed by atoms with Gasteiger partial charge >= 0.3 is 5.91 Å². The van der Waals surface area contributed by atoms with Crippen molar-refractivity contribution in [3.8, 4) is 22.4 Å². The highest BCUT2D eigenvalue weighted by Crippen LogP contribution is 2.31. The summed E-state index contributed by atoms with van der Waals surface area (Å²) in [5.41, 5.74) is 8.39. The molecule has 36 heavy (non-hydrogen) atoms. The first-order valence-electron chi connectivity index (χ1n) is 11.1. The molecule has 1 amide bonds. The molecular formula is C27H18N6OS2. The van der Waals surface area contributed by atoms with E-state index in [1.165, 1.54) is 27.7 Å². The van der Waals surface area contributed by atoms with Crippen molar-refractivity contribution in [2.75, 3.05) is 10.4 Å². The highest BCUT2D eigenvalue weighted by molar-refractivity contribution is 7.14. The van der Waals surface area contributed by atoms with Crippen LogP contribution in [0.3, 0.4) is 0 Å². The smallest absolute Gasteiger partial charge is 0.265 e. The summed E-state index contributed by atoms with van der Waals surface area (Å²) in [7, 11) is 0. The number of hydrogen-bond donors (Lipinski definition) is 1. The number of benzene rings is 3. The minimum Gasteiger partial charge on any atom is -0.265 e.